The summed E-state index contributed by atoms with van der Waals surface area (Å²) in [6, 6.07) is 11.4. The Hall–Kier alpha value is -2.62. The van der Waals surface area contributed by atoms with E-state index in [9.17, 15) is 4.79 Å². The fourth-order valence-electron chi connectivity index (χ4n) is 2.34. The Balaban J connectivity index is 1.94. The summed E-state index contributed by atoms with van der Waals surface area (Å²) in [6.45, 7) is 4.09. The number of benzene rings is 1. The van der Waals surface area contributed by atoms with Gasteiger partial charge in [0.05, 0.1) is 0 Å². The van der Waals surface area contributed by atoms with Crippen molar-refractivity contribution in [2.45, 2.75) is 13.8 Å². The molecule has 0 bridgehead atoms. The number of fused-ring (bicyclic) bond motifs is 1. The number of aromatic amines is 1. The number of pyridine rings is 1. The first-order chi connectivity index (χ1) is 9.63. The molecule has 2 heterocycles. The Labute approximate surface area is 116 Å². The van der Waals surface area contributed by atoms with Gasteiger partial charge in [-0.2, -0.15) is 0 Å². The Morgan fingerprint density at radius 2 is 2.05 bits per heavy atom. The van der Waals surface area contributed by atoms with Gasteiger partial charge < -0.3 is 10.3 Å². The van der Waals surface area contributed by atoms with Crippen LogP contribution in [-0.2, 0) is 0 Å². The smallest absolute Gasteiger partial charge is 0.273 e. The lowest BCUT2D eigenvalue weighted by Gasteiger charge is -2.01. The van der Waals surface area contributed by atoms with Crippen molar-refractivity contribution in [3.63, 3.8) is 0 Å². The topological polar surface area (TPSA) is 57.8 Å². The van der Waals surface area contributed by atoms with Crippen molar-refractivity contribution in [2.75, 3.05) is 5.32 Å². The summed E-state index contributed by atoms with van der Waals surface area (Å²) in [5.41, 5.74) is 3.86. The van der Waals surface area contributed by atoms with Crippen LogP contribution in [0.4, 0.5) is 5.82 Å². The summed E-state index contributed by atoms with van der Waals surface area (Å²) in [5.74, 6) is 0.362. The Morgan fingerprint density at radius 3 is 2.80 bits per heavy atom. The van der Waals surface area contributed by atoms with Gasteiger partial charge in [0, 0.05) is 17.1 Å². The number of hydrogen-bond acceptors (Lipinski definition) is 2. The lowest BCUT2D eigenvalue weighted by atomic mass is 10.1. The highest BCUT2D eigenvalue weighted by Crippen LogP contribution is 2.21. The summed E-state index contributed by atoms with van der Waals surface area (Å²) in [5, 5.41) is 3.84. The zero-order valence-corrected chi connectivity index (χ0v) is 11.4. The number of aryl methyl sites for hydroxylation is 2. The first-order valence-corrected chi connectivity index (χ1v) is 6.46. The van der Waals surface area contributed by atoms with Crippen molar-refractivity contribution in [2.24, 2.45) is 0 Å². The molecular weight excluding hydrogens is 250 g/mol. The lowest BCUT2D eigenvalue weighted by molar-refractivity contribution is 0.102. The van der Waals surface area contributed by atoms with Gasteiger partial charge in [-0.15, -0.1) is 0 Å². The molecule has 4 nitrogen and oxygen atoms in total. The Bertz CT molecular complexity index is 775. The number of anilines is 1. The second-order valence-electron chi connectivity index (χ2n) is 4.90. The molecule has 4 heteroatoms. The average molecular weight is 265 g/mol. The van der Waals surface area contributed by atoms with Crippen molar-refractivity contribution < 1.29 is 4.79 Å². The number of hydrogen-bond donors (Lipinski definition) is 2. The summed E-state index contributed by atoms with van der Waals surface area (Å²) in [4.78, 5) is 19.4. The van der Waals surface area contributed by atoms with E-state index >= 15 is 0 Å². The second-order valence-corrected chi connectivity index (χ2v) is 4.90. The Kier molecular flexibility index (Phi) is 2.99. The molecule has 1 aromatic carbocycles. The van der Waals surface area contributed by atoms with Gasteiger partial charge in [0.15, 0.2) is 0 Å². The van der Waals surface area contributed by atoms with E-state index in [-0.39, 0.29) is 5.91 Å². The normalized spacial score (nSPS) is 10.7. The van der Waals surface area contributed by atoms with E-state index in [0.29, 0.717) is 11.5 Å². The highest BCUT2D eigenvalue weighted by Gasteiger charge is 2.11. The van der Waals surface area contributed by atoms with E-state index < -0.39 is 0 Å². The molecule has 0 aliphatic carbocycles. The number of amides is 1. The molecule has 3 rings (SSSR count). The number of nitrogens with one attached hydrogen (secondary N) is 2. The fourth-order valence-corrected chi connectivity index (χ4v) is 2.34. The molecule has 0 fully saturated rings. The van der Waals surface area contributed by atoms with E-state index in [1.807, 2.05) is 38.1 Å². The van der Waals surface area contributed by atoms with E-state index in [0.717, 1.165) is 16.5 Å². The van der Waals surface area contributed by atoms with Gasteiger partial charge in [-0.1, -0.05) is 12.1 Å². The molecule has 0 aliphatic heterocycles. The molecule has 0 saturated carbocycles. The fraction of sp³-hybridized carbons (Fsp3) is 0.125. The van der Waals surface area contributed by atoms with Gasteiger partial charge in [0.25, 0.3) is 5.91 Å². The zero-order chi connectivity index (χ0) is 14.1. The molecule has 0 spiro atoms. The minimum absolute atomic E-state index is 0.183. The molecule has 0 radical (unpaired) electrons. The summed E-state index contributed by atoms with van der Waals surface area (Å²) in [7, 11) is 0. The highest BCUT2D eigenvalue weighted by molar-refractivity contribution is 6.05. The molecule has 20 heavy (non-hydrogen) atoms. The molecule has 3 aromatic rings. The molecule has 100 valence electrons. The maximum atomic E-state index is 12.2. The quantitative estimate of drug-likeness (QED) is 0.745. The second kappa shape index (κ2) is 4.81. The van der Waals surface area contributed by atoms with Crippen molar-refractivity contribution in [1.82, 2.24) is 9.97 Å². The predicted molar refractivity (Wildman–Crippen MR) is 80.0 cm³/mol. The maximum Gasteiger partial charge on any atom is 0.273 e. The van der Waals surface area contributed by atoms with Crippen LogP contribution in [0, 0.1) is 13.8 Å². The minimum atomic E-state index is -0.183. The van der Waals surface area contributed by atoms with Gasteiger partial charge >= 0.3 is 0 Å². The first kappa shape index (κ1) is 12.4. The largest absolute Gasteiger partial charge is 0.351 e. The van der Waals surface area contributed by atoms with Crippen molar-refractivity contribution >= 4 is 22.6 Å². The SMILES string of the molecule is Cc1cc(C)c2cc(C(=O)Nc3ccccn3)[nH]c2c1. The van der Waals surface area contributed by atoms with Gasteiger partial charge in [0.2, 0.25) is 0 Å². The summed E-state index contributed by atoms with van der Waals surface area (Å²) < 4.78 is 0. The van der Waals surface area contributed by atoms with Crippen LogP contribution in [0.25, 0.3) is 10.9 Å². The summed E-state index contributed by atoms with van der Waals surface area (Å²) >= 11 is 0. The van der Waals surface area contributed by atoms with E-state index in [2.05, 4.69) is 21.4 Å². The molecule has 2 aromatic heterocycles. The zero-order valence-electron chi connectivity index (χ0n) is 11.4. The van der Waals surface area contributed by atoms with Crippen LogP contribution in [-0.4, -0.2) is 15.9 Å². The van der Waals surface area contributed by atoms with Gasteiger partial charge in [-0.3, -0.25) is 4.79 Å². The number of carbonyl (C=O) groups excluding carboxylic acids is 1. The molecule has 1 amide bonds. The third-order valence-corrected chi connectivity index (χ3v) is 3.24. The molecule has 0 aliphatic rings. The van der Waals surface area contributed by atoms with Crippen molar-refractivity contribution in [3.05, 3.63) is 59.4 Å². The van der Waals surface area contributed by atoms with Gasteiger partial charge in [-0.25, -0.2) is 4.98 Å². The third kappa shape index (κ3) is 2.28. The van der Waals surface area contributed by atoms with Crippen molar-refractivity contribution in [1.29, 1.82) is 0 Å². The molecular formula is C16H15N3O. The maximum absolute atomic E-state index is 12.2. The van der Waals surface area contributed by atoms with Crippen LogP contribution in [0.5, 0.6) is 0 Å². The highest BCUT2D eigenvalue weighted by atomic mass is 16.1. The van der Waals surface area contributed by atoms with Crippen LogP contribution in [0.2, 0.25) is 0 Å². The molecule has 0 saturated heterocycles. The molecule has 2 N–H and O–H groups in total. The summed E-state index contributed by atoms with van der Waals surface area (Å²) in [6.07, 6.45) is 1.65. The van der Waals surface area contributed by atoms with E-state index in [1.165, 1.54) is 5.56 Å². The number of carbonyl (C=O) groups is 1. The average Bonchev–Trinajstić information content (AvgIpc) is 2.84. The van der Waals surface area contributed by atoms with Crippen LogP contribution in [0.3, 0.4) is 0 Å². The number of H-pyrrole nitrogens is 1. The molecule has 0 unspecified atom stereocenters. The van der Waals surface area contributed by atoms with E-state index in [1.54, 1.807) is 12.3 Å². The van der Waals surface area contributed by atoms with Gasteiger partial charge in [0.1, 0.15) is 11.5 Å². The monoisotopic (exact) mass is 265 g/mol. The van der Waals surface area contributed by atoms with E-state index in [4.69, 9.17) is 0 Å². The van der Waals surface area contributed by atoms with Crippen molar-refractivity contribution in [3.8, 4) is 0 Å². The van der Waals surface area contributed by atoms with Gasteiger partial charge in [-0.05, 0) is 49.2 Å². The third-order valence-electron chi connectivity index (χ3n) is 3.24. The number of nitrogens with zero attached hydrogens (tertiary/aromatic N) is 1. The Morgan fingerprint density at radius 1 is 1.20 bits per heavy atom. The van der Waals surface area contributed by atoms with Crippen LogP contribution in [0.15, 0.2) is 42.6 Å². The standard InChI is InChI=1S/C16H15N3O/c1-10-7-11(2)12-9-14(18-13(12)8-10)16(20)19-15-5-3-4-6-17-15/h3-9,18H,1-2H3,(H,17,19,20). The minimum Gasteiger partial charge on any atom is -0.351 e. The lowest BCUT2D eigenvalue weighted by Crippen LogP contribution is -2.12. The number of rotatable bonds is 2. The number of aromatic nitrogens is 2. The predicted octanol–water partition coefficient (Wildman–Crippen LogP) is 3.43. The molecule has 0 atom stereocenters. The van der Waals surface area contributed by atoms with Crippen LogP contribution in [0.1, 0.15) is 21.6 Å². The van der Waals surface area contributed by atoms with Crippen LogP contribution >= 0.6 is 0 Å². The first-order valence-electron chi connectivity index (χ1n) is 6.46. The van der Waals surface area contributed by atoms with Crippen LogP contribution < -0.4 is 5.32 Å².